The molecule has 2 rings (SSSR count). The molecule has 0 aromatic carbocycles. The van der Waals surface area contributed by atoms with Crippen LogP contribution < -0.4 is 0 Å². The van der Waals surface area contributed by atoms with Crippen LogP contribution in [0.15, 0.2) is 0 Å². The Kier molecular flexibility index (Phi) is 2.95. The lowest BCUT2D eigenvalue weighted by molar-refractivity contribution is -0.148. The zero-order valence-electron chi connectivity index (χ0n) is 9.11. The summed E-state index contributed by atoms with van der Waals surface area (Å²) in [6, 6.07) is 2.14. The fraction of sp³-hybridized carbons (Fsp3) is 0.833. The van der Waals surface area contributed by atoms with Crippen LogP contribution >= 0.6 is 0 Å². The van der Waals surface area contributed by atoms with Gasteiger partial charge in [0.05, 0.1) is 12.7 Å². The summed E-state index contributed by atoms with van der Waals surface area (Å²) < 4.78 is 4.95. The Morgan fingerprint density at radius 3 is 2.80 bits per heavy atom. The van der Waals surface area contributed by atoms with Crippen molar-refractivity contribution in [2.45, 2.75) is 32.6 Å². The first kappa shape index (κ1) is 10.5. The number of hydrogen-bond acceptors (Lipinski definition) is 3. The number of ether oxygens (including phenoxy) is 1. The molecule has 15 heavy (non-hydrogen) atoms. The van der Waals surface area contributed by atoms with Gasteiger partial charge >= 0.3 is 5.97 Å². The molecule has 0 spiro atoms. The van der Waals surface area contributed by atoms with Gasteiger partial charge in [0.2, 0.25) is 0 Å². The SMILES string of the molecule is CCOC(=O)[C@@H](C#N)[C@@H]1C[C@H]2CC[C@H]1C2. The molecule has 2 fully saturated rings. The van der Waals surface area contributed by atoms with E-state index in [1.165, 1.54) is 19.3 Å². The molecule has 82 valence electrons. The van der Waals surface area contributed by atoms with Gasteiger partial charge in [0.25, 0.3) is 0 Å². The van der Waals surface area contributed by atoms with E-state index >= 15 is 0 Å². The quantitative estimate of drug-likeness (QED) is 0.666. The standard InChI is InChI=1S/C12H17NO2/c1-2-15-12(14)11(7-13)10-6-8-3-4-9(10)5-8/h8-11H,2-6H2,1H3/t8-,9-,10+,11-/m0/s1. The third-order valence-corrected chi connectivity index (χ3v) is 3.90. The molecule has 3 nitrogen and oxygen atoms in total. The summed E-state index contributed by atoms with van der Waals surface area (Å²) in [4.78, 5) is 11.6. The van der Waals surface area contributed by atoms with E-state index in [1.54, 1.807) is 6.92 Å². The Hall–Kier alpha value is -1.04. The smallest absolute Gasteiger partial charge is 0.323 e. The summed E-state index contributed by atoms with van der Waals surface area (Å²) in [6.45, 7) is 2.16. The van der Waals surface area contributed by atoms with Gasteiger partial charge in [0.1, 0.15) is 5.92 Å². The molecular formula is C12H17NO2. The number of fused-ring (bicyclic) bond motifs is 2. The van der Waals surface area contributed by atoms with E-state index in [0.717, 1.165) is 12.3 Å². The maximum absolute atomic E-state index is 11.6. The van der Waals surface area contributed by atoms with E-state index in [2.05, 4.69) is 6.07 Å². The summed E-state index contributed by atoms with van der Waals surface area (Å²) >= 11 is 0. The largest absolute Gasteiger partial charge is 0.465 e. The molecule has 0 aromatic rings. The van der Waals surface area contributed by atoms with Gasteiger partial charge in [-0.2, -0.15) is 5.26 Å². The Bertz CT molecular complexity index is 294. The van der Waals surface area contributed by atoms with Crippen molar-refractivity contribution < 1.29 is 9.53 Å². The monoisotopic (exact) mass is 207 g/mol. The molecule has 0 aliphatic heterocycles. The Morgan fingerprint density at radius 2 is 2.33 bits per heavy atom. The van der Waals surface area contributed by atoms with Crippen LogP contribution in [0.5, 0.6) is 0 Å². The minimum Gasteiger partial charge on any atom is -0.465 e. The lowest BCUT2D eigenvalue weighted by Gasteiger charge is -2.24. The van der Waals surface area contributed by atoms with Crippen LogP contribution in [0.2, 0.25) is 0 Å². The van der Waals surface area contributed by atoms with Crippen molar-refractivity contribution in [1.82, 2.24) is 0 Å². The van der Waals surface area contributed by atoms with Gasteiger partial charge < -0.3 is 4.74 Å². The summed E-state index contributed by atoms with van der Waals surface area (Å²) in [5.74, 6) is 0.819. The van der Waals surface area contributed by atoms with Crippen molar-refractivity contribution >= 4 is 5.97 Å². The first-order valence-corrected chi connectivity index (χ1v) is 5.82. The Morgan fingerprint density at radius 1 is 1.53 bits per heavy atom. The first-order valence-electron chi connectivity index (χ1n) is 5.82. The molecule has 0 radical (unpaired) electrons. The maximum Gasteiger partial charge on any atom is 0.323 e. The minimum absolute atomic E-state index is 0.271. The topological polar surface area (TPSA) is 50.1 Å². The van der Waals surface area contributed by atoms with Crippen molar-refractivity contribution in [3.63, 3.8) is 0 Å². The van der Waals surface area contributed by atoms with Crippen LogP contribution in [-0.4, -0.2) is 12.6 Å². The van der Waals surface area contributed by atoms with Crippen LogP contribution in [0.1, 0.15) is 32.6 Å². The van der Waals surface area contributed by atoms with Crippen LogP contribution in [0.3, 0.4) is 0 Å². The van der Waals surface area contributed by atoms with Crippen molar-refractivity contribution in [1.29, 1.82) is 5.26 Å². The lowest BCUT2D eigenvalue weighted by Crippen LogP contribution is -2.28. The van der Waals surface area contributed by atoms with E-state index in [9.17, 15) is 4.79 Å². The molecule has 2 saturated carbocycles. The van der Waals surface area contributed by atoms with Gasteiger partial charge in [-0.3, -0.25) is 4.79 Å². The van der Waals surface area contributed by atoms with E-state index in [-0.39, 0.29) is 11.9 Å². The number of carbonyl (C=O) groups excluding carboxylic acids is 1. The van der Waals surface area contributed by atoms with Gasteiger partial charge in [-0.25, -0.2) is 0 Å². The number of nitrogens with zero attached hydrogens (tertiary/aromatic N) is 1. The normalized spacial score (nSPS) is 34.8. The second-order valence-corrected chi connectivity index (χ2v) is 4.70. The molecular weight excluding hydrogens is 190 g/mol. The predicted octanol–water partition coefficient (Wildman–Crippen LogP) is 2.13. The second-order valence-electron chi connectivity index (χ2n) is 4.70. The summed E-state index contributed by atoms with van der Waals surface area (Å²) in [5, 5.41) is 9.06. The molecule has 0 amide bonds. The van der Waals surface area contributed by atoms with Crippen molar-refractivity contribution in [2.24, 2.45) is 23.7 Å². The second kappa shape index (κ2) is 4.22. The zero-order valence-corrected chi connectivity index (χ0v) is 9.11. The molecule has 4 atom stereocenters. The zero-order chi connectivity index (χ0) is 10.8. The average molecular weight is 207 g/mol. The number of nitriles is 1. The predicted molar refractivity (Wildman–Crippen MR) is 54.7 cm³/mol. The third kappa shape index (κ3) is 1.86. The van der Waals surface area contributed by atoms with Crippen molar-refractivity contribution in [3.8, 4) is 6.07 Å². The third-order valence-electron chi connectivity index (χ3n) is 3.90. The minimum atomic E-state index is -0.514. The molecule has 0 unspecified atom stereocenters. The van der Waals surface area contributed by atoms with Gasteiger partial charge in [-0.15, -0.1) is 0 Å². The molecule has 0 aromatic heterocycles. The highest BCUT2D eigenvalue weighted by Gasteiger charge is 2.45. The number of hydrogen-bond donors (Lipinski definition) is 0. The Labute approximate surface area is 90.4 Å². The number of esters is 1. The maximum atomic E-state index is 11.6. The van der Waals surface area contributed by atoms with Crippen LogP contribution in [0.25, 0.3) is 0 Å². The number of rotatable bonds is 3. The molecule has 2 aliphatic carbocycles. The highest BCUT2D eigenvalue weighted by molar-refractivity contribution is 5.75. The van der Waals surface area contributed by atoms with E-state index in [0.29, 0.717) is 12.5 Å². The highest BCUT2D eigenvalue weighted by Crippen LogP contribution is 2.51. The molecule has 2 bridgehead atoms. The summed E-state index contributed by atoms with van der Waals surface area (Å²) in [7, 11) is 0. The van der Waals surface area contributed by atoms with Crippen molar-refractivity contribution in [2.75, 3.05) is 6.61 Å². The van der Waals surface area contributed by atoms with Crippen LogP contribution in [0, 0.1) is 35.0 Å². The number of carbonyl (C=O) groups is 1. The summed E-state index contributed by atoms with van der Waals surface area (Å²) in [5.41, 5.74) is 0. The first-order chi connectivity index (χ1) is 7.26. The van der Waals surface area contributed by atoms with Gasteiger partial charge in [0, 0.05) is 0 Å². The van der Waals surface area contributed by atoms with Gasteiger partial charge in [-0.1, -0.05) is 6.42 Å². The van der Waals surface area contributed by atoms with Crippen LogP contribution in [0.4, 0.5) is 0 Å². The fourth-order valence-corrected chi connectivity index (χ4v) is 3.26. The van der Waals surface area contributed by atoms with E-state index < -0.39 is 5.92 Å². The molecule has 0 saturated heterocycles. The molecule has 2 aliphatic rings. The fourth-order valence-electron chi connectivity index (χ4n) is 3.26. The van der Waals surface area contributed by atoms with Gasteiger partial charge in [-0.05, 0) is 43.9 Å². The van der Waals surface area contributed by atoms with Crippen molar-refractivity contribution in [3.05, 3.63) is 0 Å². The lowest BCUT2D eigenvalue weighted by atomic mass is 9.80. The molecule has 0 heterocycles. The molecule has 3 heteroatoms. The van der Waals surface area contributed by atoms with E-state index in [4.69, 9.17) is 10.00 Å². The Balaban J connectivity index is 2.02. The van der Waals surface area contributed by atoms with Crippen LogP contribution in [-0.2, 0) is 9.53 Å². The average Bonchev–Trinajstić information content (AvgIpc) is 2.81. The summed E-state index contributed by atoms with van der Waals surface area (Å²) in [6.07, 6.45) is 4.78. The highest BCUT2D eigenvalue weighted by atomic mass is 16.5. The van der Waals surface area contributed by atoms with Gasteiger partial charge in [0.15, 0.2) is 0 Å². The molecule has 0 N–H and O–H groups in total. The van der Waals surface area contributed by atoms with E-state index in [1.807, 2.05) is 0 Å².